The average molecular weight is 165 g/mol. The zero-order valence-electron chi connectivity index (χ0n) is 7.03. The average Bonchev–Trinajstić information content (AvgIpc) is 2.48. The van der Waals surface area contributed by atoms with Gasteiger partial charge in [-0.3, -0.25) is 0 Å². The maximum atomic E-state index is 10.7. The zero-order valence-corrected chi connectivity index (χ0v) is 7.03. The highest BCUT2D eigenvalue weighted by molar-refractivity contribution is 5.56. The molecule has 0 saturated heterocycles. The number of hydrogen-bond acceptors (Lipinski definition) is 3. The minimum Gasteiger partial charge on any atom is -0.305 e. The van der Waals surface area contributed by atoms with Gasteiger partial charge in [-0.25, -0.2) is 0 Å². The molecule has 1 atom stereocenters. The van der Waals surface area contributed by atoms with Crippen LogP contribution in [0.15, 0.2) is 0 Å². The minimum atomic E-state index is -0.0243. The molecule has 4 heteroatoms. The van der Waals surface area contributed by atoms with Crippen LogP contribution in [0.2, 0.25) is 0 Å². The van der Waals surface area contributed by atoms with Gasteiger partial charge < -0.3 is 9.36 Å². The van der Waals surface area contributed by atoms with Crippen molar-refractivity contribution in [2.24, 2.45) is 0 Å². The van der Waals surface area contributed by atoms with Gasteiger partial charge >= 0.3 is 0 Å². The van der Waals surface area contributed by atoms with E-state index in [9.17, 15) is 4.79 Å². The molecule has 1 aliphatic heterocycles. The summed E-state index contributed by atoms with van der Waals surface area (Å²) >= 11 is 0. The number of rotatable bonds is 1. The SMILES string of the molecule is Cc1nnc2n1C(C=O)CCC2. The number of aromatic nitrogens is 3. The van der Waals surface area contributed by atoms with E-state index in [1.807, 2.05) is 11.5 Å². The second kappa shape index (κ2) is 2.69. The predicted octanol–water partition coefficient (Wildman–Crippen LogP) is 0.663. The van der Waals surface area contributed by atoms with E-state index in [2.05, 4.69) is 10.2 Å². The number of nitrogens with zero attached hydrogens (tertiary/aromatic N) is 3. The first kappa shape index (κ1) is 7.46. The van der Waals surface area contributed by atoms with Crippen LogP contribution in [0, 0.1) is 6.92 Å². The van der Waals surface area contributed by atoms with Gasteiger partial charge in [0.15, 0.2) is 0 Å². The van der Waals surface area contributed by atoms with E-state index in [1.165, 1.54) is 0 Å². The normalized spacial score (nSPS) is 21.9. The first-order valence-corrected chi connectivity index (χ1v) is 4.18. The van der Waals surface area contributed by atoms with Crippen molar-refractivity contribution in [3.63, 3.8) is 0 Å². The smallest absolute Gasteiger partial charge is 0.142 e. The number of fused-ring (bicyclic) bond motifs is 1. The first-order chi connectivity index (χ1) is 5.83. The highest BCUT2D eigenvalue weighted by atomic mass is 16.1. The summed E-state index contributed by atoms with van der Waals surface area (Å²) in [4.78, 5) is 10.7. The Morgan fingerprint density at radius 2 is 2.42 bits per heavy atom. The maximum absolute atomic E-state index is 10.7. The monoisotopic (exact) mass is 165 g/mol. The lowest BCUT2D eigenvalue weighted by Crippen LogP contribution is -2.19. The number of aldehydes is 1. The van der Waals surface area contributed by atoms with E-state index in [0.717, 1.165) is 37.2 Å². The molecule has 64 valence electrons. The Morgan fingerprint density at radius 3 is 3.17 bits per heavy atom. The van der Waals surface area contributed by atoms with E-state index in [4.69, 9.17) is 0 Å². The molecule has 2 heterocycles. The lowest BCUT2D eigenvalue weighted by atomic mass is 10.1. The van der Waals surface area contributed by atoms with Crippen molar-refractivity contribution in [2.45, 2.75) is 32.2 Å². The Labute approximate surface area is 70.6 Å². The van der Waals surface area contributed by atoms with Crippen molar-refractivity contribution in [3.8, 4) is 0 Å². The van der Waals surface area contributed by atoms with E-state index < -0.39 is 0 Å². The minimum absolute atomic E-state index is 0.0243. The number of aryl methyl sites for hydroxylation is 2. The Kier molecular flexibility index (Phi) is 1.67. The fourth-order valence-corrected chi connectivity index (χ4v) is 1.74. The molecule has 0 aliphatic carbocycles. The first-order valence-electron chi connectivity index (χ1n) is 4.18. The molecule has 0 amide bonds. The fraction of sp³-hybridized carbons (Fsp3) is 0.625. The van der Waals surface area contributed by atoms with Crippen LogP contribution in [0.1, 0.15) is 30.5 Å². The highest BCUT2D eigenvalue weighted by Crippen LogP contribution is 2.22. The molecule has 0 aromatic carbocycles. The molecule has 1 aromatic heterocycles. The molecule has 1 aliphatic rings. The Balaban J connectivity index is 2.47. The second-order valence-corrected chi connectivity index (χ2v) is 3.13. The second-order valence-electron chi connectivity index (χ2n) is 3.13. The van der Waals surface area contributed by atoms with E-state index >= 15 is 0 Å². The van der Waals surface area contributed by atoms with E-state index in [-0.39, 0.29) is 6.04 Å². The molecule has 2 rings (SSSR count). The van der Waals surface area contributed by atoms with Crippen molar-refractivity contribution >= 4 is 6.29 Å². The van der Waals surface area contributed by atoms with Crippen LogP contribution in [0.3, 0.4) is 0 Å². The largest absolute Gasteiger partial charge is 0.305 e. The molecular formula is C8H11N3O. The Hall–Kier alpha value is -1.19. The number of carbonyl (C=O) groups is 1. The molecule has 12 heavy (non-hydrogen) atoms. The summed E-state index contributed by atoms with van der Waals surface area (Å²) in [6.07, 6.45) is 3.90. The highest BCUT2D eigenvalue weighted by Gasteiger charge is 2.21. The molecular weight excluding hydrogens is 154 g/mol. The Bertz CT molecular complexity index is 305. The summed E-state index contributed by atoms with van der Waals surface area (Å²) in [6.45, 7) is 1.89. The van der Waals surface area contributed by atoms with Gasteiger partial charge in [-0.15, -0.1) is 10.2 Å². The third-order valence-electron chi connectivity index (χ3n) is 2.33. The third kappa shape index (κ3) is 0.948. The summed E-state index contributed by atoms with van der Waals surface area (Å²) in [7, 11) is 0. The molecule has 4 nitrogen and oxygen atoms in total. The maximum Gasteiger partial charge on any atom is 0.142 e. The molecule has 1 aromatic rings. The summed E-state index contributed by atoms with van der Waals surface area (Å²) in [6, 6.07) is -0.0243. The van der Waals surface area contributed by atoms with E-state index in [0.29, 0.717) is 0 Å². The standard InChI is InChI=1S/C8H11N3O/c1-6-9-10-8-4-2-3-7(5-12)11(6)8/h5,7H,2-4H2,1H3. The number of carbonyl (C=O) groups excluding carboxylic acids is 1. The lowest BCUT2D eigenvalue weighted by molar-refractivity contribution is -0.111. The van der Waals surface area contributed by atoms with Crippen molar-refractivity contribution in [1.29, 1.82) is 0 Å². The lowest BCUT2D eigenvalue weighted by Gasteiger charge is -2.20. The molecule has 0 radical (unpaired) electrons. The van der Waals surface area contributed by atoms with Gasteiger partial charge in [0.2, 0.25) is 0 Å². The summed E-state index contributed by atoms with van der Waals surface area (Å²) < 4.78 is 1.94. The van der Waals surface area contributed by atoms with Crippen LogP contribution in [0.5, 0.6) is 0 Å². The van der Waals surface area contributed by atoms with Crippen molar-refractivity contribution < 1.29 is 4.79 Å². The molecule has 0 fully saturated rings. The van der Waals surface area contributed by atoms with Gasteiger partial charge in [0.1, 0.15) is 17.9 Å². The molecule has 0 N–H and O–H groups in total. The molecule has 0 bridgehead atoms. The summed E-state index contributed by atoms with van der Waals surface area (Å²) in [5, 5.41) is 7.96. The molecule has 1 unspecified atom stereocenters. The van der Waals surface area contributed by atoms with Crippen molar-refractivity contribution in [1.82, 2.24) is 14.8 Å². The van der Waals surface area contributed by atoms with Gasteiger partial charge in [0.25, 0.3) is 0 Å². The fourth-order valence-electron chi connectivity index (χ4n) is 1.74. The quantitative estimate of drug-likeness (QED) is 0.574. The van der Waals surface area contributed by atoms with E-state index in [1.54, 1.807) is 0 Å². The van der Waals surface area contributed by atoms with Crippen LogP contribution in [0.4, 0.5) is 0 Å². The third-order valence-corrected chi connectivity index (χ3v) is 2.33. The van der Waals surface area contributed by atoms with Crippen LogP contribution in [-0.4, -0.2) is 21.1 Å². The Morgan fingerprint density at radius 1 is 1.58 bits per heavy atom. The molecule has 0 saturated carbocycles. The van der Waals surface area contributed by atoms with Gasteiger partial charge in [-0.05, 0) is 19.8 Å². The van der Waals surface area contributed by atoms with Crippen LogP contribution in [-0.2, 0) is 11.2 Å². The van der Waals surface area contributed by atoms with Crippen LogP contribution < -0.4 is 0 Å². The van der Waals surface area contributed by atoms with Gasteiger partial charge in [0.05, 0.1) is 6.04 Å². The predicted molar refractivity (Wildman–Crippen MR) is 42.8 cm³/mol. The van der Waals surface area contributed by atoms with Crippen molar-refractivity contribution in [2.75, 3.05) is 0 Å². The van der Waals surface area contributed by atoms with Crippen molar-refractivity contribution in [3.05, 3.63) is 11.6 Å². The summed E-state index contributed by atoms with van der Waals surface area (Å²) in [5.74, 6) is 1.80. The topological polar surface area (TPSA) is 47.8 Å². The summed E-state index contributed by atoms with van der Waals surface area (Å²) in [5.41, 5.74) is 0. The van der Waals surface area contributed by atoms with Gasteiger partial charge in [-0.2, -0.15) is 0 Å². The number of hydrogen-bond donors (Lipinski definition) is 0. The van der Waals surface area contributed by atoms with Gasteiger partial charge in [0, 0.05) is 6.42 Å². The van der Waals surface area contributed by atoms with Gasteiger partial charge in [-0.1, -0.05) is 0 Å². The van der Waals surface area contributed by atoms with Crippen LogP contribution in [0.25, 0.3) is 0 Å². The molecule has 0 spiro atoms. The van der Waals surface area contributed by atoms with Crippen LogP contribution >= 0.6 is 0 Å². The zero-order chi connectivity index (χ0) is 8.55.